The molecule has 0 saturated carbocycles. The summed E-state index contributed by atoms with van der Waals surface area (Å²) in [7, 11) is 2.04. The van der Waals surface area contributed by atoms with Crippen molar-refractivity contribution in [3.05, 3.63) is 53.1 Å². The maximum Gasteiger partial charge on any atom is 0.322 e. The minimum Gasteiger partial charge on any atom is -0.489 e. The Morgan fingerprint density at radius 1 is 1.12 bits per heavy atom. The van der Waals surface area contributed by atoms with Crippen LogP contribution in [0.3, 0.4) is 0 Å². The summed E-state index contributed by atoms with van der Waals surface area (Å²) in [5, 5.41) is 2.99. The van der Waals surface area contributed by atoms with E-state index in [-0.39, 0.29) is 6.03 Å². The largest absolute Gasteiger partial charge is 0.489 e. The molecule has 2 aliphatic rings. The number of carbonyl (C=O) groups is 1. The fourth-order valence-electron chi connectivity index (χ4n) is 3.31. The Balaban J connectivity index is 1.47. The van der Waals surface area contributed by atoms with Gasteiger partial charge in [0.25, 0.3) is 0 Å². The van der Waals surface area contributed by atoms with E-state index >= 15 is 0 Å². The average molecular weight is 323 g/mol. The van der Waals surface area contributed by atoms with E-state index in [1.165, 1.54) is 16.7 Å². The average Bonchev–Trinajstić information content (AvgIpc) is 2.98. The Morgan fingerprint density at radius 3 is 2.83 bits per heavy atom. The summed E-state index contributed by atoms with van der Waals surface area (Å²) in [6, 6.07) is 12.1. The zero-order valence-corrected chi connectivity index (χ0v) is 14.0. The van der Waals surface area contributed by atoms with Gasteiger partial charge >= 0.3 is 6.03 Å². The summed E-state index contributed by atoms with van der Waals surface area (Å²) >= 11 is 0. The molecular weight excluding hydrogens is 302 g/mol. The Morgan fingerprint density at radius 2 is 1.96 bits per heavy atom. The van der Waals surface area contributed by atoms with Gasteiger partial charge in [0.2, 0.25) is 0 Å². The molecular formula is C19H21N3O2. The predicted octanol–water partition coefficient (Wildman–Crippen LogP) is 3.37. The first kappa shape index (κ1) is 14.9. The van der Waals surface area contributed by atoms with Gasteiger partial charge in [-0.1, -0.05) is 23.8 Å². The second kappa shape index (κ2) is 5.74. The first-order valence-corrected chi connectivity index (χ1v) is 8.22. The first-order valence-electron chi connectivity index (χ1n) is 8.22. The Labute approximate surface area is 141 Å². The lowest BCUT2D eigenvalue weighted by Gasteiger charge is -2.28. The number of ether oxygens (including phenoxy) is 1. The molecule has 124 valence electrons. The van der Waals surface area contributed by atoms with Crippen LogP contribution in [0.5, 0.6) is 5.75 Å². The molecule has 4 rings (SSSR count). The molecule has 5 nitrogen and oxygen atoms in total. The van der Waals surface area contributed by atoms with E-state index in [0.717, 1.165) is 23.7 Å². The monoisotopic (exact) mass is 323 g/mol. The lowest BCUT2D eigenvalue weighted by Crippen LogP contribution is -2.31. The van der Waals surface area contributed by atoms with Crippen LogP contribution < -0.4 is 15.0 Å². The van der Waals surface area contributed by atoms with Gasteiger partial charge in [-0.3, -0.25) is 0 Å². The topological polar surface area (TPSA) is 44.8 Å². The molecule has 0 radical (unpaired) electrons. The number of aryl methyl sites for hydroxylation is 1. The molecule has 0 fully saturated rings. The second-order valence-corrected chi connectivity index (χ2v) is 6.51. The SMILES string of the molecule is Cc1ccc2c(c1)CN(C(=O)Nc1ccc3c(c1)OCCN3C)C2. The molecule has 5 heteroatoms. The lowest BCUT2D eigenvalue weighted by molar-refractivity contribution is 0.212. The molecule has 0 saturated heterocycles. The van der Waals surface area contributed by atoms with Crippen molar-refractivity contribution in [2.75, 3.05) is 30.4 Å². The summed E-state index contributed by atoms with van der Waals surface area (Å²) in [5.74, 6) is 0.821. The molecule has 0 atom stereocenters. The molecule has 1 N–H and O–H groups in total. The van der Waals surface area contributed by atoms with Gasteiger partial charge in [0, 0.05) is 31.9 Å². The third-order valence-corrected chi connectivity index (χ3v) is 4.68. The van der Waals surface area contributed by atoms with Gasteiger partial charge in [-0.05, 0) is 30.2 Å². The number of nitrogens with zero attached hydrogens (tertiary/aromatic N) is 2. The van der Waals surface area contributed by atoms with E-state index in [9.17, 15) is 4.79 Å². The molecule has 0 spiro atoms. The van der Waals surface area contributed by atoms with Crippen LogP contribution in [0, 0.1) is 6.92 Å². The van der Waals surface area contributed by atoms with Crippen molar-refractivity contribution in [2.45, 2.75) is 20.0 Å². The van der Waals surface area contributed by atoms with Crippen LogP contribution in [0.2, 0.25) is 0 Å². The number of anilines is 2. The highest BCUT2D eigenvalue weighted by molar-refractivity contribution is 5.90. The maximum atomic E-state index is 12.6. The van der Waals surface area contributed by atoms with Crippen LogP contribution in [0.1, 0.15) is 16.7 Å². The van der Waals surface area contributed by atoms with Gasteiger partial charge in [-0.25, -0.2) is 4.79 Å². The van der Waals surface area contributed by atoms with Crippen molar-refractivity contribution in [2.24, 2.45) is 0 Å². The number of amides is 2. The Bertz CT molecular complexity index is 803. The molecule has 0 unspecified atom stereocenters. The van der Waals surface area contributed by atoms with Crippen molar-refractivity contribution < 1.29 is 9.53 Å². The zero-order valence-electron chi connectivity index (χ0n) is 14.0. The van der Waals surface area contributed by atoms with E-state index in [2.05, 4.69) is 35.3 Å². The normalized spacial score (nSPS) is 15.6. The van der Waals surface area contributed by atoms with Gasteiger partial charge in [-0.2, -0.15) is 0 Å². The number of hydrogen-bond acceptors (Lipinski definition) is 3. The highest BCUT2D eigenvalue weighted by atomic mass is 16.5. The fourth-order valence-corrected chi connectivity index (χ4v) is 3.31. The molecule has 2 heterocycles. The summed E-state index contributed by atoms with van der Waals surface area (Å²) < 4.78 is 5.70. The smallest absolute Gasteiger partial charge is 0.322 e. The van der Waals surface area contributed by atoms with Crippen molar-refractivity contribution in [3.63, 3.8) is 0 Å². The van der Waals surface area contributed by atoms with Crippen LogP contribution in [-0.2, 0) is 13.1 Å². The molecule has 2 aromatic rings. The summed E-state index contributed by atoms with van der Waals surface area (Å²) in [6.45, 7) is 4.94. The number of urea groups is 1. The molecule has 2 aromatic carbocycles. The van der Waals surface area contributed by atoms with Gasteiger partial charge < -0.3 is 19.9 Å². The molecule has 2 aliphatic heterocycles. The van der Waals surface area contributed by atoms with Crippen molar-refractivity contribution in [3.8, 4) is 5.75 Å². The van der Waals surface area contributed by atoms with Crippen LogP contribution in [0.25, 0.3) is 0 Å². The molecule has 0 aliphatic carbocycles. The third-order valence-electron chi connectivity index (χ3n) is 4.68. The molecule has 24 heavy (non-hydrogen) atoms. The van der Waals surface area contributed by atoms with E-state index in [4.69, 9.17) is 4.74 Å². The first-order chi connectivity index (χ1) is 11.6. The van der Waals surface area contributed by atoms with E-state index in [0.29, 0.717) is 19.7 Å². The number of hydrogen-bond donors (Lipinski definition) is 1. The Hall–Kier alpha value is -2.69. The number of rotatable bonds is 1. The van der Waals surface area contributed by atoms with Gasteiger partial charge in [0.15, 0.2) is 0 Å². The lowest BCUT2D eigenvalue weighted by atomic mass is 10.1. The number of carbonyl (C=O) groups excluding carboxylic acids is 1. The van der Waals surface area contributed by atoms with Crippen LogP contribution in [-0.4, -0.2) is 31.1 Å². The molecule has 0 bridgehead atoms. The van der Waals surface area contributed by atoms with Gasteiger partial charge in [0.1, 0.15) is 12.4 Å². The summed E-state index contributed by atoms with van der Waals surface area (Å²) in [4.78, 5) is 16.6. The Kier molecular flexibility index (Phi) is 3.56. The van der Waals surface area contributed by atoms with Crippen LogP contribution >= 0.6 is 0 Å². The second-order valence-electron chi connectivity index (χ2n) is 6.51. The molecule has 0 aromatic heterocycles. The minimum atomic E-state index is -0.0760. The quantitative estimate of drug-likeness (QED) is 0.875. The highest BCUT2D eigenvalue weighted by Crippen LogP contribution is 2.33. The van der Waals surface area contributed by atoms with Crippen LogP contribution in [0.15, 0.2) is 36.4 Å². The maximum absolute atomic E-state index is 12.6. The van der Waals surface area contributed by atoms with E-state index in [1.54, 1.807) is 0 Å². The van der Waals surface area contributed by atoms with Gasteiger partial charge in [-0.15, -0.1) is 0 Å². The zero-order chi connectivity index (χ0) is 16.7. The fraction of sp³-hybridized carbons (Fsp3) is 0.316. The molecule has 2 amide bonds. The highest BCUT2D eigenvalue weighted by Gasteiger charge is 2.24. The van der Waals surface area contributed by atoms with E-state index in [1.807, 2.05) is 30.1 Å². The van der Waals surface area contributed by atoms with E-state index < -0.39 is 0 Å². The third kappa shape index (κ3) is 2.66. The summed E-state index contributed by atoms with van der Waals surface area (Å²) in [6.07, 6.45) is 0. The van der Waals surface area contributed by atoms with Crippen LogP contribution in [0.4, 0.5) is 16.2 Å². The minimum absolute atomic E-state index is 0.0760. The van der Waals surface area contributed by atoms with Crippen molar-refractivity contribution in [1.82, 2.24) is 4.90 Å². The van der Waals surface area contributed by atoms with Gasteiger partial charge in [0.05, 0.1) is 12.2 Å². The number of fused-ring (bicyclic) bond motifs is 2. The number of likely N-dealkylation sites (N-methyl/N-ethyl adjacent to an activating group) is 1. The standard InChI is InChI=1S/C19H21N3O2/c1-13-3-4-14-11-22(12-15(14)9-13)19(23)20-16-5-6-17-18(10-16)24-8-7-21(17)2/h3-6,9-10H,7-8,11-12H2,1-2H3,(H,20,23). The summed E-state index contributed by atoms with van der Waals surface area (Å²) in [5.41, 5.74) is 5.52. The predicted molar refractivity (Wildman–Crippen MR) is 94.7 cm³/mol. The van der Waals surface area contributed by atoms with Crippen molar-refractivity contribution >= 4 is 17.4 Å². The van der Waals surface area contributed by atoms with Crippen molar-refractivity contribution in [1.29, 1.82) is 0 Å². The number of nitrogens with one attached hydrogen (secondary N) is 1. The number of benzene rings is 2.